The third kappa shape index (κ3) is 2.42. The van der Waals surface area contributed by atoms with Gasteiger partial charge in [-0.1, -0.05) is 66.7 Å². The maximum atomic E-state index is 6.19. The summed E-state index contributed by atoms with van der Waals surface area (Å²) >= 11 is 0. The van der Waals surface area contributed by atoms with Crippen molar-refractivity contribution >= 4 is 51.0 Å². The zero-order valence-electron chi connectivity index (χ0n) is 14.1. The molecular formula is C23H17N3. The molecule has 4 aromatic carbocycles. The van der Waals surface area contributed by atoms with Gasteiger partial charge in [0.2, 0.25) is 0 Å². The molecule has 0 unspecified atom stereocenters. The van der Waals surface area contributed by atoms with Crippen molar-refractivity contribution in [2.75, 3.05) is 5.32 Å². The first-order valence-corrected chi connectivity index (χ1v) is 8.62. The first-order chi connectivity index (χ1) is 12.8. The molecule has 0 saturated heterocycles. The average Bonchev–Trinajstić information content (AvgIpc) is 3.09. The summed E-state index contributed by atoms with van der Waals surface area (Å²) in [5.41, 5.74) is 10.5. The minimum Gasteiger partial charge on any atom is -0.369 e. The molecular weight excluding hydrogens is 318 g/mol. The van der Waals surface area contributed by atoms with Crippen molar-refractivity contribution in [1.82, 2.24) is 0 Å². The topological polar surface area (TPSA) is 50.4 Å². The molecule has 0 heterocycles. The van der Waals surface area contributed by atoms with Crippen LogP contribution in [0.25, 0.3) is 33.7 Å². The molecule has 3 nitrogen and oxygen atoms in total. The largest absolute Gasteiger partial charge is 0.369 e. The molecule has 0 spiro atoms. The SMILES string of the molecule is NC(=Nc1ccc2c3c(cccc13)C=C2)Nc1ccc2ccccc2c1. The van der Waals surface area contributed by atoms with Crippen LogP contribution < -0.4 is 11.1 Å². The third-order valence-electron chi connectivity index (χ3n) is 4.79. The molecule has 3 N–H and O–H groups in total. The molecule has 124 valence electrons. The maximum absolute atomic E-state index is 6.19. The summed E-state index contributed by atoms with van der Waals surface area (Å²) in [5, 5.41) is 7.94. The van der Waals surface area contributed by atoms with Crippen LogP contribution in [0.2, 0.25) is 0 Å². The normalized spacial score (nSPS) is 12.8. The lowest BCUT2D eigenvalue weighted by molar-refractivity contribution is 1.46. The minimum absolute atomic E-state index is 0.381. The number of aliphatic imine (C=N–C) groups is 1. The fourth-order valence-electron chi connectivity index (χ4n) is 3.58. The van der Waals surface area contributed by atoms with Crippen LogP contribution in [0.1, 0.15) is 11.1 Å². The minimum atomic E-state index is 0.381. The molecule has 4 aromatic rings. The number of nitrogens with one attached hydrogen (secondary N) is 1. The second-order valence-corrected chi connectivity index (χ2v) is 6.46. The van der Waals surface area contributed by atoms with Crippen LogP contribution in [0.15, 0.2) is 77.8 Å². The lowest BCUT2D eigenvalue weighted by atomic mass is 10.0. The van der Waals surface area contributed by atoms with Crippen molar-refractivity contribution in [3.05, 3.63) is 83.9 Å². The highest BCUT2D eigenvalue weighted by Crippen LogP contribution is 2.36. The molecule has 0 radical (unpaired) electrons. The number of fused-ring (bicyclic) bond motifs is 1. The van der Waals surface area contributed by atoms with Gasteiger partial charge in [0.15, 0.2) is 5.96 Å². The number of guanidine groups is 1. The summed E-state index contributed by atoms with van der Waals surface area (Å²) in [6, 6.07) is 24.8. The van der Waals surface area contributed by atoms with E-state index in [0.29, 0.717) is 5.96 Å². The highest BCUT2D eigenvalue weighted by molar-refractivity contribution is 6.10. The first kappa shape index (κ1) is 14.7. The number of nitrogens with zero attached hydrogens (tertiary/aromatic N) is 1. The third-order valence-corrected chi connectivity index (χ3v) is 4.79. The van der Waals surface area contributed by atoms with Gasteiger partial charge in [-0.25, -0.2) is 4.99 Å². The van der Waals surface area contributed by atoms with E-state index in [0.717, 1.165) is 16.8 Å². The van der Waals surface area contributed by atoms with Gasteiger partial charge in [-0.15, -0.1) is 0 Å². The standard InChI is InChI=1S/C23H17N3/c24-23(25-19-12-10-15-4-1-2-5-18(15)14-19)26-21-13-11-17-9-8-16-6-3-7-20(21)22(16)17/h1-14H,(H3,24,25,26). The van der Waals surface area contributed by atoms with Gasteiger partial charge >= 0.3 is 0 Å². The van der Waals surface area contributed by atoms with Gasteiger partial charge in [0.25, 0.3) is 0 Å². The lowest BCUT2D eigenvalue weighted by Crippen LogP contribution is -2.21. The van der Waals surface area contributed by atoms with Gasteiger partial charge in [0, 0.05) is 11.1 Å². The van der Waals surface area contributed by atoms with Gasteiger partial charge < -0.3 is 11.1 Å². The lowest BCUT2D eigenvalue weighted by Gasteiger charge is -2.09. The molecule has 0 fully saturated rings. The van der Waals surface area contributed by atoms with E-state index in [9.17, 15) is 0 Å². The molecule has 0 bridgehead atoms. The van der Waals surface area contributed by atoms with Crippen LogP contribution in [0.5, 0.6) is 0 Å². The number of rotatable bonds is 2. The van der Waals surface area contributed by atoms with Crippen molar-refractivity contribution in [1.29, 1.82) is 0 Å². The zero-order chi connectivity index (χ0) is 17.5. The summed E-state index contributed by atoms with van der Waals surface area (Å²) in [4.78, 5) is 4.63. The van der Waals surface area contributed by atoms with Crippen LogP contribution in [0.3, 0.4) is 0 Å². The molecule has 0 atom stereocenters. The van der Waals surface area contributed by atoms with E-state index in [2.05, 4.69) is 71.0 Å². The van der Waals surface area contributed by atoms with Crippen molar-refractivity contribution in [3.63, 3.8) is 0 Å². The van der Waals surface area contributed by atoms with Gasteiger partial charge in [-0.3, -0.25) is 0 Å². The number of benzene rings is 4. The quantitative estimate of drug-likeness (QED) is 0.329. The number of nitrogens with two attached hydrogens (primary N) is 1. The molecule has 1 aliphatic carbocycles. The molecule has 0 amide bonds. The first-order valence-electron chi connectivity index (χ1n) is 8.62. The van der Waals surface area contributed by atoms with E-state index in [-0.39, 0.29) is 0 Å². The van der Waals surface area contributed by atoms with Crippen molar-refractivity contribution < 1.29 is 0 Å². The summed E-state index contributed by atoms with van der Waals surface area (Å²) in [7, 11) is 0. The van der Waals surface area contributed by atoms with E-state index in [1.807, 2.05) is 24.3 Å². The molecule has 26 heavy (non-hydrogen) atoms. The Balaban J connectivity index is 1.51. The van der Waals surface area contributed by atoms with E-state index >= 15 is 0 Å². The Bertz CT molecular complexity index is 1210. The Hall–Kier alpha value is -3.59. The average molecular weight is 335 g/mol. The Morgan fingerprint density at radius 2 is 1.58 bits per heavy atom. The van der Waals surface area contributed by atoms with Crippen molar-refractivity contribution in [2.24, 2.45) is 10.7 Å². The van der Waals surface area contributed by atoms with Gasteiger partial charge in [-0.2, -0.15) is 0 Å². The zero-order valence-corrected chi connectivity index (χ0v) is 14.1. The highest BCUT2D eigenvalue weighted by atomic mass is 15.1. The number of anilines is 1. The highest BCUT2D eigenvalue weighted by Gasteiger charge is 2.11. The fourth-order valence-corrected chi connectivity index (χ4v) is 3.58. The van der Waals surface area contributed by atoms with Crippen LogP contribution in [0.4, 0.5) is 11.4 Å². The number of hydrogen-bond donors (Lipinski definition) is 2. The maximum Gasteiger partial charge on any atom is 0.198 e. The van der Waals surface area contributed by atoms with E-state index in [1.54, 1.807) is 0 Å². The second kappa shape index (κ2) is 5.74. The Kier molecular flexibility index (Phi) is 3.25. The Morgan fingerprint density at radius 3 is 2.46 bits per heavy atom. The fraction of sp³-hybridized carbons (Fsp3) is 0. The smallest absolute Gasteiger partial charge is 0.198 e. The summed E-state index contributed by atoms with van der Waals surface area (Å²) < 4.78 is 0. The van der Waals surface area contributed by atoms with Crippen LogP contribution in [-0.2, 0) is 0 Å². The molecule has 0 saturated carbocycles. The predicted octanol–water partition coefficient (Wildman–Crippen LogP) is 5.54. The van der Waals surface area contributed by atoms with E-state index in [4.69, 9.17) is 5.73 Å². The van der Waals surface area contributed by atoms with Gasteiger partial charge in [-0.05, 0) is 45.5 Å². The molecule has 0 aliphatic heterocycles. The molecule has 0 aromatic heterocycles. The predicted molar refractivity (Wildman–Crippen MR) is 112 cm³/mol. The molecule has 3 heteroatoms. The van der Waals surface area contributed by atoms with Gasteiger partial charge in [0.05, 0.1) is 5.69 Å². The molecule has 5 rings (SSSR count). The Labute approximate surface area is 151 Å². The second-order valence-electron chi connectivity index (χ2n) is 6.46. The van der Waals surface area contributed by atoms with E-state index in [1.165, 1.54) is 27.3 Å². The summed E-state index contributed by atoms with van der Waals surface area (Å²) in [6.45, 7) is 0. The van der Waals surface area contributed by atoms with Crippen LogP contribution in [0, 0.1) is 0 Å². The van der Waals surface area contributed by atoms with Crippen molar-refractivity contribution in [3.8, 4) is 0 Å². The van der Waals surface area contributed by atoms with Crippen LogP contribution >= 0.6 is 0 Å². The van der Waals surface area contributed by atoms with Crippen LogP contribution in [-0.4, -0.2) is 5.96 Å². The summed E-state index contributed by atoms with van der Waals surface area (Å²) in [5.74, 6) is 0.381. The number of hydrogen-bond acceptors (Lipinski definition) is 1. The van der Waals surface area contributed by atoms with E-state index < -0.39 is 0 Å². The molecule has 1 aliphatic rings. The van der Waals surface area contributed by atoms with Gasteiger partial charge in [0.1, 0.15) is 0 Å². The monoisotopic (exact) mass is 335 g/mol. The summed E-state index contributed by atoms with van der Waals surface area (Å²) in [6.07, 6.45) is 4.28. The van der Waals surface area contributed by atoms with Crippen molar-refractivity contribution in [2.45, 2.75) is 0 Å². The Morgan fingerprint density at radius 1 is 0.769 bits per heavy atom.